The van der Waals surface area contributed by atoms with E-state index in [1.54, 1.807) is 6.08 Å². The average molecular weight is 293 g/mol. The Morgan fingerprint density at radius 1 is 1.00 bits per heavy atom. The SMILES string of the molecule is O=C(/C=C/c1ccccc1)NC1CC(c2ccccc2)NN1. The molecule has 4 heteroatoms. The minimum Gasteiger partial charge on any atom is -0.336 e. The predicted octanol–water partition coefficient (Wildman–Crippen LogP) is 2.38. The number of rotatable bonds is 4. The standard InChI is InChI=1S/C18H19N3O/c22-18(12-11-14-7-3-1-4-8-14)19-17-13-16(20-21-17)15-9-5-2-6-10-15/h1-12,16-17,20-21H,13H2,(H,19,22)/b12-11+. The number of carbonyl (C=O) groups excluding carboxylic acids is 1. The van der Waals surface area contributed by atoms with Gasteiger partial charge >= 0.3 is 0 Å². The Morgan fingerprint density at radius 2 is 1.68 bits per heavy atom. The van der Waals surface area contributed by atoms with Gasteiger partial charge in [-0.25, -0.2) is 10.9 Å². The number of hydrazine groups is 1. The van der Waals surface area contributed by atoms with Gasteiger partial charge in [0, 0.05) is 18.5 Å². The monoisotopic (exact) mass is 293 g/mol. The maximum absolute atomic E-state index is 11.9. The van der Waals surface area contributed by atoms with Crippen LogP contribution in [0.1, 0.15) is 23.6 Å². The number of hydrogen-bond acceptors (Lipinski definition) is 3. The highest BCUT2D eigenvalue weighted by atomic mass is 16.1. The molecular formula is C18H19N3O. The van der Waals surface area contributed by atoms with Gasteiger partial charge in [-0.2, -0.15) is 0 Å². The van der Waals surface area contributed by atoms with Crippen LogP contribution in [0.25, 0.3) is 6.08 Å². The van der Waals surface area contributed by atoms with Crippen LogP contribution in [0.5, 0.6) is 0 Å². The fraction of sp³-hybridized carbons (Fsp3) is 0.167. The lowest BCUT2D eigenvalue weighted by atomic mass is 10.0. The van der Waals surface area contributed by atoms with Gasteiger partial charge in [-0.3, -0.25) is 4.79 Å². The summed E-state index contributed by atoms with van der Waals surface area (Å²) in [7, 11) is 0. The van der Waals surface area contributed by atoms with Crippen LogP contribution in [0, 0.1) is 0 Å². The molecule has 0 aromatic heterocycles. The molecule has 112 valence electrons. The van der Waals surface area contributed by atoms with Gasteiger partial charge in [-0.05, 0) is 17.2 Å². The van der Waals surface area contributed by atoms with E-state index in [1.165, 1.54) is 5.56 Å². The van der Waals surface area contributed by atoms with Crippen molar-refractivity contribution in [3.63, 3.8) is 0 Å². The lowest BCUT2D eigenvalue weighted by Gasteiger charge is -2.10. The molecule has 1 fully saturated rings. The molecule has 1 saturated heterocycles. The molecule has 2 unspecified atom stereocenters. The number of amides is 1. The summed E-state index contributed by atoms with van der Waals surface area (Å²) in [6.07, 6.45) is 4.12. The molecule has 2 atom stereocenters. The van der Waals surface area contributed by atoms with E-state index in [1.807, 2.05) is 54.6 Å². The smallest absolute Gasteiger partial charge is 0.245 e. The molecule has 4 nitrogen and oxygen atoms in total. The topological polar surface area (TPSA) is 53.2 Å². The Bertz CT molecular complexity index is 640. The highest BCUT2D eigenvalue weighted by Crippen LogP contribution is 2.20. The summed E-state index contributed by atoms with van der Waals surface area (Å²) < 4.78 is 0. The molecule has 0 saturated carbocycles. The zero-order chi connectivity index (χ0) is 15.2. The van der Waals surface area contributed by atoms with Gasteiger partial charge in [-0.1, -0.05) is 60.7 Å². The third-order valence-electron chi connectivity index (χ3n) is 3.65. The second-order valence-corrected chi connectivity index (χ2v) is 5.29. The van der Waals surface area contributed by atoms with Crippen molar-refractivity contribution in [2.24, 2.45) is 0 Å². The van der Waals surface area contributed by atoms with Gasteiger partial charge in [0.05, 0.1) is 6.17 Å². The summed E-state index contributed by atoms with van der Waals surface area (Å²) >= 11 is 0. The fourth-order valence-electron chi connectivity index (χ4n) is 2.51. The molecular weight excluding hydrogens is 274 g/mol. The second-order valence-electron chi connectivity index (χ2n) is 5.29. The molecule has 22 heavy (non-hydrogen) atoms. The zero-order valence-electron chi connectivity index (χ0n) is 12.2. The van der Waals surface area contributed by atoms with Crippen molar-refractivity contribution < 1.29 is 4.79 Å². The summed E-state index contributed by atoms with van der Waals surface area (Å²) in [5.74, 6) is -0.100. The first kappa shape index (κ1) is 14.5. The van der Waals surface area contributed by atoms with Crippen molar-refractivity contribution in [3.05, 3.63) is 77.9 Å². The molecule has 1 amide bonds. The van der Waals surface area contributed by atoms with E-state index < -0.39 is 0 Å². The van der Waals surface area contributed by atoms with Gasteiger partial charge in [0.25, 0.3) is 0 Å². The first-order chi connectivity index (χ1) is 10.8. The summed E-state index contributed by atoms with van der Waals surface area (Å²) in [5.41, 5.74) is 8.56. The molecule has 0 radical (unpaired) electrons. The molecule has 3 rings (SSSR count). The fourth-order valence-corrected chi connectivity index (χ4v) is 2.51. The first-order valence-electron chi connectivity index (χ1n) is 7.41. The van der Waals surface area contributed by atoms with Crippen LogP contribution in [0.4, 0.5) is 0 Å². The van der Waals surface area contributed by atoms with E-state index in [0.717, 1.165) is 12.0 Å². The molecule has 1 heterocycles. The molecule has 0 spiro atoms. The third-order valence-corrected chi connectivity index (χ3v) is 3.65. The van der Waals surface area contributed by atoms with E-state index in [9.17, 15) is 4.79 Å². The van der Waals surface area contributed by atoms with Crippen molar-refractivity contribution in [2.75, 3.05) is 0 Å². The Morgan fingerprint density at radius 3 is 2.41 bits per heavy atom. The van der Waals surface area contributed by atoms with Crippen LogP contribution in [-0.2, 0) is 4.79 Å². The molecule has 2 aromatic rings. The van der Waals surface area contributed by atoms with Gasteiger partial charge < -0.3 is 5.32 Å². The van der Waals surface area contributed by atoms with E-state index >= 15 is 0 Å². The van der Waals surface area contributed by atoms with Gasteiger partial charge in [-0.15, -0.1) is 0 Å². The Hall–Kier alpha value is -2.43. The maximum Gasteiger partial charge on any atom is 0.245 e. The number of benzene rings is 2. The predicted molar refractivity (Wildman–Crippen MR) is 87.5 cm³/mol. The molecule has 1 aliphatic heterocycles. The minimum absolute atomic E-state index is 0.0712. The number of hydrogen-bond donors (Lipinski definition) is 3. The first-order valence-corrected chi connectivity index (χ1v) is 7.41. The van der Waals surface area contributed by atoms with Crippen molar-refractivity contribution >= 4 is 12.0 Å². The number of nitrogens with one attached hydrogen (secondary N) is 3. The van der Waals surface area contributed by atoms with Crippen molar-refractivity contribution in [1.82, 2.24) is 16.2 Å². The quantitative estimate of drug-likeness (QED) is 0.759. The Kier molecular flexibility index (Phi) is 4.63. The van der Waals surface area contributed by atoms with Crippen LogP contribution < -0.4 is 16.2 Å². The van der Waals surface area contributed by atoms with Crippen LogP contribution in [0.3, 0.4) is 0 Å². The maximum atomic E-state index is 11.9. The van der Waals surface area contributed by atoms with Crippen molar-refractivity contribution in [3.8, 4) is 0 Å². The normalized spacial score (nSPS) is 21.1. The lowest BCUT2D eigenvalue weighted by Crippen LogP contribution is -2.43. The van der Waals surface area contributed by atoms with Gasteiger partial charge in [0.2, 0.25) is 5.91 Å². The molecule has 0 aliphatic carbocycles. The largest absolute Gasteiger partial charge is 0.336 e. The Labute approximate surface area is 130 Å². The molecule has 0 bridgehead atoms. The summed E-state index contributed by atoms with van der Waals surface area (Å²) in [4.78, 5) is 11.9. The van der Waals surface area contributed by atoms with Crippen LogP contribution in [-0.4, -0.2) is 12.1 Å². The van der Waals surface area contributed by atoms with Crippen LogP contribution in [0.2, 0.25) is 0 Å². The molecule has 1 aliphatic rings. The van der Waals surface area contributed by atoms with Crippen molar-refractivity contribution in [1.29, 1.82) is 0 Å². The summed E-state index contributed by atoms with van der Waals surface area (Å²) in [6, 6.07) is 20.2. The molecule has 2 aromatic carbocycles. The van der Waals surface area contributed by atoms with Crippen LogP contribution in [0.15, 0.2) is 66.7 Å². The van der Waals surface area contributed by atoms with Gasteiger partial charge in [0.1, 0.15) is 0 Å². The van der Waals surface area contributed by atoms with E-state index in [4.69, 9.17) is 0 Å². The highest BCUT2D eigenvalue weighted by Gasteiger charge is 2.25. The van der Waals surface area contributed by atoms with Crippen LogP contribution >= 0.6 is 0 Å². The van der Waals surface area contributed by atoms with E-state index in [0.29, 0.717) is 0 Å². The number of carbonyl (C=O) groups is 1. The minimum atomic E-state index is -0.100. The molecule has 3 N–H and O–H groups in total. The van der Waals surface area contributed by atoms with Crippen molar-refractivity contribution in [2.45, 2.75) is 18.6 Å². The summed E-state index contributed by atoms with van der Waals surface area (Å²) in [6.45, 7) is 0. The highest BCUT2D eigenvalue weighted by molar-refractivity contribution is 5.91. The second kappa shape index (κ2) is 7.02. The summed E-state index contributed by atoms with van der Waals surface area (Å²) in [5, 5.41) is 2.95. The van der Waals surface area contributed by atoms with E-state index in [2.05, 4.69) is 28.3 Å². The van der Waals surface area contributed by atoms with E-state index in [-0.39, 0.29) is 18.1 Å². The third kappa shape index (κ3) is 3.81. The van der Waals surface area contributed by atoms with Gasteiger partial charge in [0.15, 0.2) is 0 Å². The zero-order valence-corrected chi connectivity index (χ0v) is 12.2. The Balaban J connectivity index is 1.52. The average Bonchev–Trinajstić information content (AvgIpc) is 3.03. The lowest BCUT2D eigenvalue weighted by molar-refractivity contribution is -0.117.